The monoisotopic (exact) mass is 286 g/mol. The standard InChI is InChI=1S/C18H26N2O/c1-14(18(21)20-11-3-2-4-12-20)19-13-15-5-7-16(8-6-15)17-9-10-17/h5-8,14,17,19H,2-4,9-13H2,1H3. The molecule has 1 atom stereocenters. The van der Waals surface area contributed by atoms with Gasteiger partial charge in [0.15, 0.2) is 0 Å². The highest BCUT2D eigenvalue weighted by Gasteiger charge is 2.23. The van der Waals surface area contributed by atoms with Crippen LogP contribution in [0.5, 0.6) is 0 Å². The van der Waals surface area contributed by atoms with Crippen LogP contribution in [-0.4, -0.2) is 29.9 Å². The number of carbonyl (C=O) groups excluding carboxylic acids is 1. The maximum Gasteiger partial charge on any atom is 0.239 e. The number of likely N-dealkylation sites (tertiary alicyclic amines) is 1. The maximum absolute atomic E-state index is 12.3. The third-order valence-electron chi connectivity index (χ3n) is 4.68. The molecule has 1 aromatic rings. The molecule has 0 radical (unpaired) electrons. The van der Waals surface area contributed by atoms with Crippen LogP contribution in [0.1, 0.15) is 56.1 Å². The molecule has 21 heavy (non-hydrogen) atoms. The Balaban J connectivity index is 1.47. The molecule has 1 heterocycles. The van der Waals surface area contributed by atoms with Crippen molar-refractivity contribution in [3.63, 3.8) is 0 Å². The molecule has 114 valence electrons. The van der Waals surface area contributed by atoms with Gasteiger partial charge in [-0.3, -0.25) is 4.79 Å². The Kier molecular flexibility index (Phi) is 4.59. The van der Waals surface area contributed by atoms with Crippen LogP contribution < -0.4 is 5.32 Å². The van der Waals surface area contributed by atoms with E-state index in [4.69, 9.17) is 0 Å². The quantitative estimate of drug-likeness (QED) is 0.902. The van der Waals surface area contributed by atoms with E-state index in [1.807, 2.05) is 11.8 Å². The van der Waals surface area contributed by atoms with Crippen LogP contribution in [0, 0.1) is 0 Å². The zero-order valence-corrected chi connectivity index (χ0v) is 13.0. The van der Waals surface area contributed by atoms with Crippen LogP contribution in [0.4, 0.5) is 0 Å². The Labute approximate surface area is 127 Å². The van der Waals surface area contributed by atoms with Crippen LogP contribution in [0.2, 0.25) is 0 Å². The van der Waals surface area contributed by atoms with E-state index < -0.39 is 0 Å². The molecule has 0 spiro atoms. The Morgan fingerprint density at radius 2 is 1.86 bits per heavy atom. The summed E-state index contributed by atoms with van der Waals surface area (Å²) in [5.74, 6) is 1.07. The highest BCUT2D eigenvalue weighted by Crippen LogP contribution is 2.39. The third-order valence-corrected chi connectivity index (χ3v) is 4.68. The second-order valence-electron chi connectivity index (χ2n) is 6.50. The molecule has 2 fully saturated rings. The van der Waals surface area contributed by atoms with Crippen LogP contribution in [0.3, 0.4) is 0 Å². The summed E-state index contributed by atoms with van der Waals surface area (Å²) >= 11 is 0. The Morgan fingerprint density at radius 1 is 1.19 bits per heavy atom. The molecule has 1 N–H and O–H groups in total. The fraction of sp³-hybridized carbons (Fsp3) is 0.611. The SMILES string of the molecule is CC(NCc1ccc(C2CC2)cc1)C(=O)N1CCCCC1. The van der Waals surface area contributed by atoms with Gasteiger partial charge in [-0.05, 0) is 56.1 Å². The molecule has 1 aromatic carbocycles. The van der Waals surface area contributed by atoms with E-state index in [-0.39, 0.29) is 11.9 Å². The lowest BCUT2D eigenvalue weighted by Gasteiger charge is -2.29. The van der Waals surface area contributed by atoms with Crippen molar-refractivity contribution in [2.45, 2.75) is 57.5 Å². The summed E-state index contributed by atoms with van der Waals surface area (Å²) in [6.07, 6.45) is 6.26. The highest BCUT2D eigenvalue weighted by atomic mass is 16.2. The topological polar surface area (TPSA) is 32.3 Å². The molecule has 3 rings (SSSR count). The number of amides is 1. The first kappa shape index (κ1) is 14.6. The van der Waals surface area contributed by atoms with Gasteiger partial charge in [-0.1, -0.05) is 24.3 Å². The summed E-state index contributed by atoms with van der Waals surface area (Å²) in [6, 6.07) is 8.78. The molecule has 3 nitrogen and oxygen atoms in total. The second kappa shape index (κ2) is 6.61. The summed E-state index contributed by atoms with van der Waals surface area (Å²) < 4.78 is 0. The number of nitrogens with zero attached hydrogens (tertiary/aromatic N) is 1. The summed E-state index contributed by atoms with van der Waals surface area (Å²) in [5, 5.41) is 3.37. The predicted octanol–water partition coefficient (Wildman–Crippen LogP) is 3.05. The van der Waals surface area contributed by atoms with Crippen molar-refractivity contribution in [3.8, 4) is 0 Å². The van der Waals surface area contributed by atoms with E-state index in [1.165, 1.54) is 30.4 Å². The number of hydrogen-bond donors (Lipinski definition) is 1. The summed E-state index contributed by atoms with van der Waals surface area (Å²) in [7, 11) is 0. The van der Waals surface area contributed by atoms with Gasteiger partial charge in [0.05, 0.1) is 6.04 Å². The minimum absolute atomic E-state index is 0.0915. The third kappa shape index (κ3) is 3.85. The number of rotatable bonds is 5. The van der Waals surface area contributed by atoms with Crippen LogP contribution in [0.15, 0.2) is 24.3 Å². The molecule has 0 aromatic heterocycles. The fourth-order valence-electron chi connectivity index (χ4n) is 3.07. The highest BCUT2D eigenvalue weighted by molar-refractivity contribution is 5.81. The summed E-state index contributed by atoms with van der Waals surface area (Å²) in [5.41, 5.74) is 2.73. The average Bonchev–Trinajstić information content (AvgIpc) is 3.38. The molecule has 0 bridgehead atoms. The normalized spacial score (nSPS) is 20.3. The minimum Gasteiger partial charge on any atom is -0.341 e. The van der Waals surface area contributed by atoms with Crippen LogP contribution in [-0.2, 0) is 11.3 Å². The van der Waals surface area contributed by atoms with Gasteiger partial charge in [0.25, 0.3) is 0 Å². The predicted molar refractivity (Wildman–Crippen MR) is 85.1 cm³/mol. The average molecular weight is 286 g/mol. The van der Waals surface area contributed by atoms with E-state index in [1.54, 1.807) is 0 Å². The molecular weight excluding hydrogens is 260 g/mol. The minimum atomic E-state index is -0.0915. The number of nitrogens with one attached hydrogen (secondary N) is 1. The Hall–Kier alpha value is -1.35. The van der Waals surface area contributed by atoms with Gasteiger partial charge < -0.3 is 10.2 Å². The number of carbonyl (C=O) groups is 1. The van der Waals surface area contributed by atoms with Crippen molar-refractivity contribution in [2.75, 3.05) is 13.1 Å². The Bertz CT molecular complexity index is 472. The van der Waals surface area contributed by atoms with E-state index in [0.29, 0.717) is 0 Å². The Morgan fingerprint density at radius 3 is 2.48 bits per heavy atom. The van der Waals surface area contributed by atoms with Crippen molar-refractivity contribution in [1.82, 2.24) is 10.2 Å². The van der Waals surface area contributed by atoms with E-state index >= 15 is 0 Å². The molecular formula is C18H26N2O. The smallest absolute Gasteiger partial charge is 0.239 e. The molecule has 1 unspecified atom stereocenters. The second-order valence-corrected chi connectivity index (χ2v) is 6.50. The molecule has 1 saturated heterocycles. The largest absolute Gasteiger partial charge is 0.341 e. The molecule has 1 saturated carbocycles. The van der Waals surface area contributed by atoms with Gasteiger partial charge in [0.1, 0.15) is 0 Å². The maximum atomic E-state index is 12.3. The summed E-state index contributed by atoms with van der Waals surface area (Å²) in [4.78, 5) is 14.3. The van der Waals surface area contributed by atoms with Crippen molar-refractivity contribution >= 4 is 5.91 Å². The lowest BCUT2D eigenvalue weighted by Crippen LogP contribution is -2.46. The zero-order chi connectivity index (χ0) is 14.7. The molecule has 1 aliphatic heterocycles. The van der Waals surface area contributed by atoms with Crippen molar-refractivity contribution in [2.24, 2.45) is 0 Å². The van der Waals surface area contributed by atoms with Crippen LogP contribution in [0.25, 0.3) is 0 Å². The lowest BCUT2D eigenvalue weighted by atomic mass is 10.1. The van der Waals surface area contributed by atoms with Gasteiger partial charge in [0, 0.05) is 19.6 Å². The van der Waals surface area contributed by atoms with Gasteiger partial charge in [-0.15, -0.1) is 0 Å². The van der Waals surface area contributed by atoms with Crippen molar-refractivity contribution < 1.29 is 4.79 Å². The van der Waals surface area contributed by atoms with Gasteiger partial charge in [0.2, 0.25) is 5.91 Å². The zero-order valence-electron chi connectivity index (χ0n) is 13.0. The molecule has 1 amide bonds. The number of benzene rings is 1. The van der Waals surface area contributed by atoms with E-state index in [0.717, 1.165) is 38.4 Å². The number of hydrogen-bond acceptors (Lipinski definition) is 2. The number of piperidine rings is 1. The fourth-order valence-corrected chi connectivity index (χ4v) is 3.07. The van der Waals surface area contributed by atoms with E-state index in [2.05, 4.69) is 29.6 Å². The van der Waals surface area contributed by atoms with Crippen LogP contribution >= 0.6 is 0 Å². The molecule has 2 aliphatic rings. The van der Waals surface area contributed by atoms with Gasteiger partial charge in [-0.2, -0.15) is 0 Å². The van der Waals surface area contributed by atoms with E-state index in [9.17, 15) is 4.79 Å². The van der Waals surface area contributed by atoms with Gasteiger partial charge in [-0.25, -0.2) is 0 Å². The summed E-state index contributed by atoms with van der Waals surface area (Å²) in [6.45, 7) is 4.61. The lowest BCUT2D eigenvalue weighted by molar-refractivity contribution is -0.133. The first-order chi connectivity index (χ1) is 10.2. The first-order valence-corrected chi connectivity index (χ1v) is 8.35. The first-order valence-electron chi connectivity index (χ1n) is 8.35. The molecule has 3 heteroatoms. The molecule has 1 aliphatic carbocycles. The van der Waals surface area contributed by atoms with Gasteiger partial charge >= 0.3 is 0 Å². The van der Waals surface area contributed by atoms with Crippen molar-refractivity contribution in [3.05, 3.63) is 35.4 Å². The van der Waals surface area contributed by atoms with Crippen molar-refractivity contribution in [1.29, 1.82) is 0 Å².